The van der Waals surface area contributed by atoms with Gasteiger partial charge in [-0.05, 0) is 19.3 Å². The number of halogens is 2. The van der Waals surface area contributed by atoms with Gasteiger partial charge < -0.3 is 20.3 Å². The number of rotatable bonds is 9. The van der Waals surface area contributed by atoms with Crippen molar-refractivity contribution in [2.24, 2.45) is 0 Å². The Kier molecular flexibility index (Phi) is 149. The van der Waals surface area contributed by atoms with Crippen LogP contribution in [-0.2, 0) is 72.3 Å². The van der Waals surface area contributed by atoms with Crippen LogP contribution in [0.1, 0.15) is 80.6 Å². The Morgan fingerprint density at radius 3 is 1.26 bits per heavy atom. The van der Waals surface area contributed by atoms with Gasteiger partial charge in [0.25, 0.3) is 0 Å². The zero-order valence-corrected chi connectivity index (χ0v) is 25.6. The maximum atomic E-state index is 8.20. The zero-order chi connectivity index (χ0) is 18.1. The normalized spacial score (nSPS) is 7.00. The van der Waals surface area contributed by atoms with E-state index in [1.807, 2.05) is 0 Å². The van der Waals surface area contributed by atoms with Crippen LogP contribution < -0.4 is 0 Å². The predicted octanol–water partition coefficient (Wildman–Crippen LogP) is 5.09. The van der Waals surface area contributed by atoms with Gasteiger partial charge in [-0.1, -0.05) is 77.2 Å². The van der Waals surface area contributed by atoms with E-state index < -0.39 is 7.12 Å². The Hall–Kier alpha value is 3.05. The van der Waals surface area contributed by atoms with Gasteiger partial charge in [-0.2, -0.15) is 0 Å². The van der Waals surface area contributed by atoms with Crippen molar-refractivity contribution in [3.63, 3.8) is 0 Å². The molecule has 4 N–H and O–H groups in total. The van der Waals surface area contributed by atoms with E-state index in [1.165, 1.54) is 32.1 Å². The van der Waals surface area contributed by atoms with Crippen LogP contribution in [0.15, 0.2) is 0 Å². The molecule has 0 aromatic carbocycles. The molecule has 0 unspecified atom stereocenters. The number of hydrogen-bond acceptors (Lipinski definition) is 4. The second-order valence-electron chi connectivity index (χ2n) is 4.51. The first kappa shape index (κ1) is 57.2. The summed E-state index contributed by atoms with van der Waals surface area (Å²) in [5.74, 6) is 0.827. The topological polar surface area (TPSA) is 80.9 Å². The quantitative estimate of drug-likeness (QED) is 0.150. The minimum absolute atomic E-state index is 0. The third-order valence-corrected chi connectivity index (χ3v) is 3.14. The van der Waals surface area contributed by atoms with Crippen LogP contribution in [0.25, 0.3) is 0 Å². The van der Waals surface area contributed by atoms with Gasteiger partial charge in [-0.25, -0.2) is 0 Å². The molecule has 10 heteroatoms. The molecule has 0 fully saturated rings. The van der Waals surface area contributed by atoms with Gasteiger partial charge in [-0.3, -0.25) is 0 Å². The number of aliphatic hydroxyl groups excluding tert-OH is 2. The molecule has 27 heavy (non-hydrogen) atoms. The van der Waals surface area contributed by atoms with E-state index in [0.717, 1.165) is 24.1 Å². The fourth-order valence-corrected chi connectivity index (χ4v) is 1.01. The van der Waals surface area contributed by atoms with Gasteiger partial charge in [0.2, 0.25) is 0 Å². The summed E-state index contributed by atoms with van der Waals surface area (Å²) >= 11 is 8.63. The van der Waals surface area contributed by atoms with Crippen LogP contribution in [-0.4, -0.2) is 51.8 Å². The van der Waals surface area contributed by atoms with Crippen molar-refractivity contribution in [3.8, 4) is 0 Å². The predicted molar refractivity (Wildman–Crippen MR) is 116 cm³/mol. The van der Waals surface area contributed by atoms with E-state index >= 15 is 0 Å². The Morgan fingerprint density at radius 1 is 0.815 bits per heavy atom. The third-order valence-electron chi connectivity index (χ3n) is 2.08. The number of alkyl halides is 2. The average molecular weight is 763 g/mol. The van der Waals surface area contributed by atoms with Crippen LogP contribution >= 0.6 is 27.5 Å². The Morgan fingerprint density at radius 2 is 1.19 bits per heavy atom. The summed E-state index contributed by atoms with van der Waals surface area (Å²) in [7, 11) is -1.35. The van der Waals surface area contributed by atoms with Gasteiger partial charge in [0, 0.05) is 103 Å². The van der Waals surface area contributed by atoms with Crippen molar-refractivity contribution in [2.45, 2.75) is 86.9 Å². The number of hydrogen-bond donors (Lipinski definition) is 4. The van der Waals surface area contributed by atoms with Crippen LogP contribution in [0, 0.1) is 0 Å². The van der Waals surface area contributed by atoms with Crippen molar-refractivity contribution in [1.82, 2.24) is 0 Å². The van der Waals surface area contributed by atoms with Crippen molar-refractivity contribution in [3.05, 3.63) is 0 Å². The summed E-state index contributed by atoms with van der Waals surface area (Å²) in [5, 5.41) is 33.1. The first-order valence-electron chi connectivity index (χ1n) is 8.21. The second kappa shape index (κ2) is 70.2. The van der Waals surface area contributed by atoms with Crippen LogP contribution in [0.2, 0.25) is 6.32 Å². The van der Waals surface area contributed by atoms with Crippen molar-refractivity contribution in [1.29, 1.82) is 0 Å². The summed E-state index contributed by atoms with van der Waals surface area (Å²) in [4.78, 5) is 0. The summed E-state index contributed by atoms with van der Waals surface area (Å²) in [6.07, 6.45) is 8.34. The second-order valence-corrected chi connectivity index (χ2v) is 5.68. The maximum Gasteiger partial charge on any atom is 0.453 e. The summed E-state index contributed by atoms with van der Waals surface area (Å²) in [6, 6.07) is 0. The molecule has 0 saturated heterocycles. The molecule has 4 nitrogen and oxygen atoms in total. The van der Waals surface area contributed by atoms with Gasteiger partial charge in [0.1, 0.15) is 0 Å². The fourth-order valence-electron chi connectivity index (χ4n) is 0.822. The van der Waals surface area contributed by atoms with E-state index in [1.54, 1.807) is 0 Å². The molecule has 0 rings (SSSR count). The van der Waals surface area contributed by atoms with E-state index in [9.17, 15) is 0 Å². The van der Waals surface area contributed by atoms with Gasteiger partial charge in [0.15, 0.2) is 0 Å². The van der Waals surface area contributed by atoms with Crippen LogP contribution in [0.4, 0.5) is 0 Å². The van der Waals surface area contributed by atoms with Crippen molar-refractivity contribution < 1.29 is 92.6 Å². The molecule has 0 bridgehead atoms. The van der Waals surface area contributed by atoms with Gasteiger partial charge in [0.05, 0.1) is 0 Å². The molecule has 0 heterocycles. The van der Waals surface area contributed by atoms with E-state index in [2.05, 4.69) is 36.7 Å². The molecule has 0 aliphatic carbocycles. The average Bonchev–Trinajstić information content (AvgIpc) is 2.52. The van der Waals surface area contributed by atoms with Gasteiger partial charge in [-0.15, -0.1) is 11.6 Å². The molecule has 0 atom stereocenters. The fraction of sp³-hybridized carbons (Fsp3) is 1.00. The van der Waals surface area contributed by atoms with E-state index in [-0.39, 0.29) is 100 Å². The molecule has 2 radical (unpaired) electrons. The summed E-state index contributed by atoms with van der Waals surface area (Å²) < 4.78 is 0. The molecule has 0 saturated carbocycles. The van der Waals surface area contributed by atoms with Crippen molar-refractivity contribution >= 4 is 34.6 Å². The number of unbranched alkanes of at least 4 members (excludes halogenated alkanes) is 4. The van der Waals surface area contributed by atoms with Crippen LogP contribution in [0.3, 0.4) is 0 Å². The Balaban J connectivity index is -0.0000000217. The molecule has 0 aliphatic heterocycles. The van der Waals surface area contributed by atoms with E-state index in [4.69, 9.17) is 31.9 Å². The molecular weight excluding hydrogens is 718 g/mol. The maximum absolute atomic E-state index is 8.20. The monoisotopic (exact) mass is 762 g/mol. The molecule has 0 aromatic rings. The first-order chi connectivity index (χ1) is 10.5. The van der Waals surface area contributed by atoms with Crippen LogP contribution in [0.5, 0.6) is 0 Å². The minimum atomic E-state index is -1.35. The SMILES string of the molecule is C.C.CCCBr.CCCCCCl.CCCCCO.OCCB(O)O.[V].[W].[Y]. The Bertz CT molecular complexity index is 148. The molecule has 0 aliphatic rings. The first-order valence-corrected chi connectivity index (χ1v) is 9.87. The zero-order valence-electron chi connectivity index (χ0n) is 16.0. The standard InChI is InChI=1S/C5H11Cl.C5H12O.C3H7Br.C2H7BO3.2CH4.V.W.Y/c2*1-2-3-4-5-6;1-2-3-4;4-2-1-3(5)6;;;;;/h2-5H2,1H3;6H,2-5H2,1H3;2-3H2,1H3;4-6H,1-2H2;2*1H4;;;. The molecule has 0 amide bonds. The molecule has 0 spiro atoms. The van der Waals surface area contributed by atoms with Gasteiger partial charge >= 0.3 is 7.12 Å². The summed E-state index contributed by atoms with van der Waals surface area (Å²) in [5.41, 5.74) is 0. The minimum Gasteiger partial charge on any atom is -0.427 e. The van der Waals surface area contributed by atoms with E-state index in [0.29, 0.717) is 6.61 Å². The molecule has 0 aromatic heterocycles. The summed E-state index contributed by atoms with van der Waals surface area (Å²) in [6.45, 7) is 6.61. The van der Waals surface area contributed by atoms with Crippen molar-refractivity contribution in [2.75, 3.05) is 24.4 Å². The largest absolute Gasteiger partial charge is 0.453 e. The molecule has 168 valence electrons. The number of aliphatic hydroxyl groups is 2. The Labute approximate surface area is 236 Å². The molecular formula is C17H45BBrClO4VWY. The smallest absolute Gasteiger partial charge is 0.427 e. The third kappa shape index (κ3) is 125.